The van der Waals surface area contributed by atoms with Crippen molar-refractivity contribution in [3.63, 3.8) is 0 Å². The lowest BCUT2D eigenvalue weighted by Crippen LogP contribution is -2.07. The van der Waals surface area contributed by atoms with Gasteiger partial charge in [0, 0.05) is 43.9 Å². The van der Waals surface area contributed by atoms with Gasteiger partial charge in [0.1, 0.15) is 0 Å². The van der Waals surface area contributed by atoms with Crippen molar-refractivity contribution in [2.45, 2.75) is 13.0 Å². The fourth-order valence-electron chi connectivity index (χ4n) is 3.02. The zero-order valence-electron chi connectivity index (χ0n) is 17.6. The molecule has 4 rings (SSSR count). The van der Waals surface area contributed by atoms with Gasteiger partial charge in [0.25, 0.3) is 0 Å². The van der Waals surface area contributed by atoms with E-state index in [2.05, 4.69) is 30.4 Å². The van der Waals surface area contributed by atoms with Crippen LogP contribution in [0.4, 0.5) is 11.6 Å². The number of nitrogens with two attached hydrogens (primary N) is 1. The normalized spacial score (nSPS) is 10.8. The molecule has 164 valence electrons. The lowest BCUT2D eigenvalue weighted by Gasteiger charge is -2.10. The number of aliphatic hydroxyl groups excluding tert-OH is 1. The number of ether oxygens (including phenoxy) is 1. The summed E-state index contributed by atoms with van der Waals surface area (Å²) in [5.74, 6) is 2.01. The summed E-state index contributed by atoms with van der Waals surface area (Å²) >= 11 is 0. The molecule has 0 unspecified atom stereocenters. The molecule has 4 N–H and O–H groups in total. The molecular weight excluding hydrogens is 408 g/mol. The first-order valence-corrected chi connectivity index (χ1v) is 10.1. The average Bonchev–Trinajstić information content (AvgIpc) is 3.25. The molecule has 0 saturated carbocycles. The standard InChI is InChI=1S/C22H24N8O2/c1-30-14-17(10-28-30)19-13-24-20(23)22(29-19)25-9-15-4-2-5-16(8-15)21-26-11-18(12-27-21)32-7-3-6-31/h2,4-5,8,10-14,31H,3,6-7,9H2,1H3,(H2,23,24)(H,25,29). The number of benzene rings is 1. The second kappa shape index (κ2) is 9.84. The van der Waals surface area contributed by atoms with Crippen molar-refractivity contribution >= 4 is 11.6 Å². The van der Waals surface area contributed by atoms with Gasteiger partial charge in [0.05, 0.1) is 37.1 Å². The number of aryl methyl sites for hydroxylation is 1. The van der Waals surface area contributed by atoms with Crippen molar-refractivity contribution in [2.24, 2.45) is 7.05 Å². The minimum atomic E-state index is 0.0881. The van der Waals surface area contributed by atoms with Crippen LogP contribution in [0.5, 0.6) is 5.75 Å². The van der Waals surface area contributed by atoms with Gasteiger partial charge in [-0.15, -0.1) is 0 Å². The Labute approximate surface area is 185 Å². The molecule has 0 saturated heterocycles. The van der Waals surface area contributed by atoms with Crippen LogP contribution in [0.15, 0.2) is 55.2 Å². The van der Waals surface area contributed by atoms with Crippen LogP contribution in [0.2, 0.25) is 0 Å². The molecule has 3 aromatic heterocycles. The van der Waals surface area contributed by atoms with Crippen LogP contribution in [-0.4, -0.2) is 48.0 Å². The quantitative estimate of drug-likeness (QED) is 0.340. The zero-order valence-corrected chi connectivity index (χ0v) is 17.6. The number of nitrogens with one attached hydrogen (secondary N) is 1. The smallest absolute Gasteiger partial charge is 0.169 e. The molecule has 32 heavy (non-hydrogen) atoms. The van der Waals surface area contributed by atoms with Crippen LogP contribution in [0.1, 0.15) is 12.0 Å². The van der Waals surface area contributed by atoms with Gasteiger partial charge in [0.2, 0.25) is 0 Å². The highest BCUT2D eigenvalue weighted by Crippen LogP contribution is 2.22. The molecule has 0 aliphatic heterocycles. The second-order valence-electron chi connectivity index (χ2n) is 7.11. The molecule has 0 radical (unpaired) electrons. The predicted octanol–water partition coefficient (Wildman–Crippen LogP) is 2.29. The zero-order chi connectivity index (χ0) is 22.3. The highest BCUT2D eigenvalue weighted by Gasteiger charge is 2.09. The van der Waals surface area contributed by atoms with E-state index in [0.717, 1.165) is 16.7 Å². The first-order valence-electron chi connectivity index (χ1n) is 10.1. The van der Waals surface area contributed by atoms with E-state index in [9.17, 15) is 0 Å². The van der Waals surface area contributed by atoms with E-state index in [1.54, 1.807) is 29.5 Å². The lowest BCUT2D eigenvalue weighted by molar-refractivity contribution is 0.233. The summed E-state index contributed by atoms with van der Waals surface area (Å²) in [6.07, 6.45) is 9.06. The fourth-order valence-corrected chi connectivity index (χ4v) is 3.02. The summed E-state index contributed by atoms with van der Waals surface area (Å²) in [5, 5.41) is 16.3. The highest BCUT2D eigenvalue weighted by molar-refractivity contribution is 5.64. The molecule has 10 nitrogen and oxygen atoms in total. The van der Waals surface area contributed by atoms with Gasteiger partial charge in [-0.05, 0) is 11.6 Å². The first-order chi connectivity index (χ1) is 15.6. The minimum absolute atomic E-state index is 0.0881. The Morgan fingerprint density at radius 3 is 2.69 bits per heavy atom. The van der Waals surface area contributed by atoms with Crippen molar-refractivity contribution in [1.29, 1.82) is 0 Å². The summed E-state index contributed by atoms with van der Waals surface area (Å²) in [6.45, 7) is 1.02. The molecular formula is C22H24N8O2. The van der Waals surface area contributed by atoms with Crippen LogP contribution in [-0.2, 0) is 13.6 Å². The van der Waals surface area contributed by atoms with Crippen LogP contribution in [0.3, 0.4) is 0 Å². The van der Waals surface area contributed by atoms with Gasteiger partial charge in [0.15, 0.2) is 23.2 Å². The van der Waals surface area contributed by atoms with Crippen molar-refractivity contribution < 1.29 is 9.84 Å². The van der Waals surface area contributed by atoms with E-state index in [1.165, 1.54) is 0 Å². The third kappa shape index (κ3) is 5.16. The van der Waals surface area contributed by atoms with E-state index in [-0.39, 0.29) is 6.61 Å². The average molecular weight is 432 g/mol. The van der Waals surface area contributed by atoms with Crippen molar-refractivity contribution in [1.82, 2.24) is 29.7 Å². The van der Waals surface area contributed by atoms with Crippen molar-refractivity contribution in [3.05, 3.63) is 60.8 Å². The Bertz CT molecular complexity index is 1180. The summed E-state index contributed by atoms with van der Waals surface area (Å²) in [5.41, 5.74) is 9.47. The molecule has 0 atom stereocenters. The fraction of sp³-hybridized carbons (Fsp3) is 0.227. The van der Waals surface area contributed by atoms with Crippen LogP contribution in [0, 0.1) is 0 Å². The van der Waals surface area contributed by atoms with Crippen molar-refractivity contribution in [3.8, 4) is 28.4 Å². The molecule has 0 amide bonds. The predicted molar refractivity (Wildman–Crippen MR) is 121 cm³/mol. The number of hydrogen-bond acceptors (Lipinski definition) is 9. The van der Waals surface area contributed by atoms with E-state index in [1.807, 2.05) is 37.5 Å². The Morgan fingerprint density at radius 1 is 1.09 bits per heavy atom. The van der Waals surface area contributed by atoms with Gasteiger partial charge in [-0.1, -0.05) is 18.2 Å². The van der Waals surface area contributed by atoms with Gasteiger partial charge in [-0.25, -0.2) is 19.9 Å². The molecule has 4 aromatic rings. The number of rotatable bonds is 9. The number of aliphatic hydroxyl groups is 1. The van der Waals surface area contributed by atoms with Gasteiger partial charge < -0.3 is 20.9 Å². The maximum atomic E-state index is 8.83. The van der Waals surface area contributed by atoms with Crippen LogP contribution in [0.25, 0.3) is 22.6 Å². The Hall–Kier alpha value is -4.05. The topological polar surface area (TPSA) is 137 Å². The highest BCUT2D eigenvalue weighted by atomic mass is 16.5. The van der Waals surface area contributed by atoms with E-state index < -0.39 is 0 Å². The van der Waals surface area contributed by atoms with Crippen LogP contribution < -0.4 is 15.8 Å². The molecule has 0 aliphatic rings. The number of hydrogen-bond donors (Lipinski definition) is 3. The number of nitrogens with zero attached hydrogens (tertiary/aromatic N) is 6. The maximum Gasteiger partial charge on any atom is 0.169 e. The molecule has 3 heterocycles. The number of nitrogen functional groups attached to an aromatic ring is 1. The van der Waals surface area contributed by atoms with Gasteiger partial charge in [-0.2, -0.15) is 5.10 Å². The minimum Gasteiger partial charge on any atom is -0.490 e. The Morgan fingerprint density at radius 2 is 1.94 bits per heavy atom. The third-order valence-corrected chi connectivity index (χ3v) is 4.65. The summed E-state index contributed by atoms with van der Waals surface area (Å²) < 4.78 is 7.19. The van der Waals surface area contributed by atoms with E-state index in [4.69, 9.17) is 15.6 Å². The largest absolute Gasteiger partial charge is 0.490 e. The van der Waals surface area contributed by atoms with E-state index in [0.29, 0.717) is 48.5 Å². The number of aromatic nitrogens is 6. The molecule has 0 spiro atoms. The summed E-state index contributed by atoms with van der Waals surface area (Å²) in [6, 6.07) is 7.89. The Balaban J connectivity index is 1.44. The molecule has 0 fully saturated rings. The monoisotopic (exact) mass is 432 g/mol. The Kier molecular flexibility index (Phi) is 6.52. The SMILES string of the molecule is Cn1cc(-c2cnc(N)c(NCc3cccc(-c4ncc(OCCCO)cn4)c3)n2)cn1. The summed E-state index contributed by atoms with van der Waals surface area (Å²) in [4.78, 5) is 17.6. The molecule has 0 bridgehead atoms. The van der Waals surface area contributed by atoms with Gasteiger partial charge >= 0.3 is 0 Å². The van der Waals surface area contributed by atoms with Crippen molar-refractivity contribution in [2.75, 3.05) is 24.3 Å². The molecule has 10 heteroatoms. The second-order valence-corrected chi connectivity index (χ2v) is 7.11. The first kappa shape index (κ1) is 21.2. The summed E-state index contributed by atoms with van der Waals surface area (Å²) in [7, 11) is 1.85. The molecule has 0 aliphatic carbocycles. The van der Waals surface area contributed by atoms with Gasteiger partial charge in [-0.3, -0.25) is 4.68 Å². The maximum absolute atomic E-state index is 8.83. The lowest BCUT2D eigenvalue weighted by atomic mass is 10.1. The molecule has 1 aromatic carbocycles. The van der Waals surface area contributed by atoms with Crippen LogP contribution >= 0.6 is 0 Å². The third-order valence-electron chi connectivity index (χ3n) is 4.65. The number of anilines is 2. The van der Waals surface area contributed by atoms with E-state index >= 15 is 0 Å².